The van der Waals surface area contributed by atoms with E-state index in [1.54, 1.807) is 18.2 Å². The first kappa shape index (κ1) is 11.9. The lowest BCUT2D eigenvalue weighted by Crippen LogP contribution is -2.08. The molecule has 0 amide bonds. The maximum absolute atomic E-state index is 12.2. The molecular formula is C16H14O3. The summed E-state index contributed by atoms with van der Waals surface area (Å²) in [7, 11) is 0. The van der Waals surface area contributed by atoms with E-state index in [4.69, 9.17) is 4.74 Å². The summed E-state index contributed by atoms with van der Waals surface area (Å²) in [5.74, 6) is -0.158. The van der Waals surface area contributed by atoms with Crippen molar-refractivity contribution in [2.24, 2.45) is 0 Å². The van der Waals surface area contributed by atoms with Gasteiger partial charge in [-0.3, -0.25) is 4.79 Å². The van der Waals surface area contributed by atoms with Gasteiger partial charge in [-0.15, -0.1) is 0 Å². The van der Waals surface area contributed by atoms with Gasteiger partial charge in [0.05, 0.1) is 5.56 Å². The number of ether oxygens (including phenoxy) is 1. The Labute approximate surface area is 111 Å². The molecule has 0 aromatic heterocycles. The molecule has 1 saturated heterocycles. The van der Waals surface area contributed by atoms with Crippen molar-refractivity contribution in [3.8, 4) is 5.75 Å². The number of hydrogen-bond acceptors (Lipinski definition) is 3. The van der Waals surface area contributed by atoms with Gasteiger partial charge in [-0.25, -0.2) is 0 Å². The Morgan fingerprint density at radius 3 is 2.47 bits per heavy atom. The molecule has 0 bridgehead atoms. The normalized spacial score (nSPS) is 21.1. The molecule has 19 heavy (non-hydrogen) atoms. The number of carbonyl (C=O) groups is 1. The number of ketones is 1. The van der Waals surface area contributed by atoms with Gasteiger partial charge in [-0.1, -0.05) is 42.0 Å². The SMILES string of the molecule is Cc1ccc([C@H]2O[C@@H]2C(=O)c2ccccc2O)cc1. The van der Waals surface area contributed by atoms with E-state index < -0.39 is 6.10 Å². The molecule has 0 radical (unpaired) electrons. The summed E-state index contributed by atoms with van der Waals surface area (Å²) >= 11 is 0. The lowest BCUT2D eigenvalue weighted by molar-refractivity contribution is 0.0951. The van der Waals surface area contributed by atoms with E-state index in [1.165, 1.54) is 11.6 Å². The molecule has 3 heteroatoms. The maximum Gasteiger partial charge on any atom is 0.198 e. The van der Waals surface area contributed by atoms with Crippen LogP contribution in [0.25, 0.3) is 0 Å². The zero-order valence-corrected chi connectivity index (χ0v) is 10.5. The Morgan fingerprint density at radius 2 is 1.79 bits per heavy atom. The van der Waals surface area contributed by atoms with Crippen LogP contribution < -0.4 is 0 Å². The van der Waals surface area contributed by atoms with Crippen molar-refractivity contribution in [3.63, 3.8) is 0 Å². The number of aryl methyl sites for hydroxylation is 1. The summed E-state index contributed by atoms with van der Waals surface area (Å²) in [4.78, 5) is 12.2. The van der Waals surface area contributed by atoms with Crippen molar-refractivity contribution in [1.29, 1.82) is 0 Å². The van der Waals surface area contributed by atoms with Crippen molar-refractivity contribution in [1.82, 2.24) is 0 Å². The summed E-state index contributed by atoms with van der Waals surface area (Å²) in [5.41, 5.74) is 2.49. The van der Waals surface area contributed by atoms with Crippen LogP contribution in [-0.2, 0) is 4.74 Å². The first-order valence-corrected chi connectivity index (χ1v) is 6.21. The van der Waals surface area contributed by atoms with Gasteiger partial charge in [-0.2, -0.15) is 0 Å². The van der Waals surface area contributed by atoms with E-state index in [-0.39, 0.29) is 17.6 Å². The summed E-state index contributed by atoms with van der Waals surface area (Å²) in [6.45, 7) is 2.02. The van der Waals surface area contributed by atoms with E-state index in [1.807, 2.05) is 31.2 Å². The fourth-order valence-electron chi connectivity index (χ4n) is 2.16. The maximum atomic E-state index is 12.2. The molecule has 0 saturated carbocycles. The van der Waals surface area contributed by atoms with E-state index in [9.17, 15) is 9.90 Å². The van der Waals surface area contributed by atoms with Gasteiger partial charge in [0.25, 0.3) is 0 Å². The molecular weight excluding hydrogens is 240 g/mol. The number of Topliss-reactive ketones (excluding diaryl/α,β-unsaturated/α-hetero) is 1. The Bertz CT molecular complexity index is 616. The molecule has 1 heterocycles. The number of phenols is 1. The lowest BCUT2D eigenvalue weighted by atomic mass is 10.0. The lowest BCUT2D eigenvalue weighted by Gasteiger charge is -2.01. The zero-order chi connectivity index (χ0) is 13.4. The van der Waals surface area contributed by atoms with Gasteiger partial charge in [0.15, 0.2) is 11.9 Å². The number of para-hydroxylation sites is 1. The topological polar surface area (TPSA) is 49.8 Å². The van der Waals surface area contributed by atoms with Crippen LogP contribution >= 0.6 is 0 Å². The Kier molecular flexibility index (Phi) is 2.84. The molecule has 2 aromatic rings. The van der Waals surface area contributed by atoms with Crippen LogP contribution in [-0.4, -0.2) is 17.0 Å². The summed E-state index contributed by atoms with van der Waals surface area (Å²) < 4.78 is 5.45. The van der Waals surface area contributed by atoms with Gasteiger partial charge < -0.3 is 9.84 Å². The predicted molar refractivity (Wildman–Crippen MR) is 71.2 cm³/mol. The fraction of sp³-hybridized carbons (Fsp3) is 0.188. The third-order valence-corrected chi connectivity index (χ3v) is 3.33. The standard InChI is InChI=1S/C16H14O3/c1-10-6-8-11(9-7-10)15-16(19-15)14(18)12-4-2-3-5-13(12)17/h2-9,15-17H,1H3/t15-,16-/m1/s1. The third-order valence-electron chi connectivity index (χ3n) is 3.33. The molecule has 3 rings (SSSR count). The number of phenolic OH excluding ortho intramolecular Hbond substituents is 1. The highest BCUT2D eigenvalue weighted by atomic mass is 16.6. The van der Waals surface area contributed by atoms with Crippen molar-refractivity contribution >= 4 is 5.78 Å². The van der Waals surface area contributed by atoms with Crippen LogP contribution in [0, 0.1) is 6.92 Å². The van der Waals surface area contributed by atoms with Crippen molar-refractivity contribution in [2.75, 3.05) is 0 Å². The second-order valence-electron chi connectivity index (χ2n) is 4.77. The average Bonchev–Trinajstić information content (AvgIpc) is 3.20. The molecule has 0 unspecified atom stereocenters. The predicted octanol–water partition coefficient (Wildman–Crippen LogP) is 3.02. The highest BCUT2D eigenvalue weighted by Gasteiger charge is 2.46. The second kappa shape index (κ2) is 4.52. The molecule has 1 fully saturated rings. The molecule has 1 aliphatic heterocycles. The Hall–Kier alpha value is -2.13. The van der Waals surface area contributed by atoms with Gasteiger partial charge in [-0.05, 0) is 24.6 Å². The summed E-state index contributed by atoms with van der Waals surface area (Å²) in [5, 5.41) is 9.67. The van der Waals surface area contributed by atoms with Crippen LogP contribution in [0.2, 0.25) is 0 Å². The quantitative estimate of drug-likeness (QED) is 0.676. The molecule has 2 atom stereocenters. The average molecular weight is 254 g/mol. The van der Waals surface area contributed by atoms with E-state index in [0.717, 1.165) is 5.56 Å². The summed E-state index contributed by atoms with van der Waals surface area (Å²) in [6.07, 6.45) is -0.663. The molecule has 1 N–H and O–H groups in total. The van der Waals surface area contributed by atoms with Crippen LogP contribution in [0.15, 0.2) is 48.5 Å². The Balaban J connectivity index is 1.78. The molecule has 1 aliphatic rings. The molecule has 96 valence electrons. The minimum Gasteiger partial charge on any atom is -0.507 e. The number of epoxide rings is 1. The molecule has 0 spiro atoms. The van der Waals surface area contributed by atoms with Crippen LogP contribution in [0.5, 0.6) is 5.75 Å². The van der Waals surface area contributed by atoms with E-state index >= 15 is 0 Å². The second-order valence-corrected chi connectivity index (χ2v) is 4.77. The van der Waals surface area contributed by atoms with Crippen LogP contribution in [0.1, 0.15) is 27.6 Å². The smallest absolute Gasteiger partial charge is 0.198 e. The largest absolute Gasteiger partial charge is 0.507 e. The number of benzene rings is 2. The molecule has 3 nitrogen and oxygen atoms in total. The van der Waals surface area contributed by atoms with E-state index in [2.05, 4.69) is 0 Å². The van der Waals surface area contributed by atoms with Crippen molar-refractivity contribution < 1.29 is 14.6 Å². The monoisotopic (exact) mass is 254 g/mol. The van der Waals surface area contributed by atoms with Crippen LogP contribution in [0.3, 0.4) is 0 Å². The minimum atomic E-state index is -0.476. The van der Waals surface area contributed by atoms with Crippen LogP contribution in [0.4, 0.5) is 0 Å². The van der Waals surface area contributed by atoms with E-state index in [0.29, 0.717) is 5.56 Å². The van der Waals surface area contributed by atoms with Gasteiger partial charge >= 0.3 is 0 Å². The highest BCUT2D eigenvalue weighted by Crippen LogP contribution is 2.41. The van der Waals surface area contributed by atoms with Crippen molar-refractivity contribution in [2.45, 2.75) is 19.1 Å². The first-order chi connectivity index (χ1) is 9.16. The first-order valence-electron chi connectivity index (χ1n) is 6.21. The fourth-order valence-corrected chi connectivity index (χ4v) is 2.16. The minimum absolute atomic E-state index is 0.00524. The Morgan fingerprint density at radius 1 is 1.11 bits per heavy atom. The number of hydrogen-bond donors (Lipinski definition) is 1. The number of carbonyl (C=O) groups excluding carboxylic acids is 1. The highest BCUT2D eigenvalue weighted by molar-refractivity contribution is 6.03. The van der Waals surface area contributed by atoms with Gasteiger partial charge in [0, 0.05) is 0 Å². The molecule has 0 aliphatic carbocycles. The van der Waals surface area contributed by atoms with Gasteiger partial charge in [0.2, 0.25) is 0 Å². The summed E-state index contributed by atoms with van der Waals surface area (Å²) in [6, 6.07) is 14.5. The molecule has 2 aromatic carbocycles. The number of aromatic hydroxyl groups is 1. The third kappa shape index (κ3) is 2.25. The number of rotatable bonds is 3. The van der Waals surface area contributed by atoms with Gasteiger partial charge in [0.1, 0.15) is 11.9 Å². The zero-order valence-electron chi connectivity index (χ0n) is 10.5. The van der Waals surface area contributed by atoms with Crippen molar-refractivity contribution in [3.05, 3.63) is 65.2 Å².